The molecule has 1 aliphatic carbocycles. The molecular weight excluding hydrogens is 212 g/mol. The van der Waals surface area contributed by atoms with Crippen LogP contribution in [0.15, 0.2) is 18.3 Å². The summed E-state index contributed by atoms with van der Waals surface area (Å²) in [6, 6.07) is 4.36. The number of fused-ring (bicyclic) bond motifs is 1. The zero-order valence-electron chi connectivity index (χ0n) is 10.1. The van der Waals surface area contributed by atoms with E-state index in [2.05, 4.69) is 21.5 Å². The van der Waals surface area contributed by atoms with Crippen molar-refractivity contribution in [3.8, 4) is 0 Å². The molecule has 17 heavy (non-hydrogen) atoms. The normalized spacial score (nSPS) is 25.2. The molecule has 0 aromatic carbocycles. The Morgan fingerprint density at radius 2 is 2.06 bits per heavy atom. The first-order valence-corrected chi connectivity index (χ1v) is 6.34. The highest BCUT2D eigenvalue weighted by atomic mass is 15.2. The summed E-state index contributed by atoms with van der Waals surface area (Å²) < 4.78 is 2.13. The number of imidazole rings is 1. The molecule has 90 valence electrons. The summed E-state index contributed by atoms with van der Waals surface area (Å²) in [5.74, 6) is 1.45. The molecule has 3 rings (SSSR count). The van der Waals surface area contributed by atoms with Gasteiger partial charge in [-0.2, -0.15) is 0 Å². The lowest BCUT2D eigenvalue weighted by atomic mass is 9.87. The number of nitrogens with two attached hydrogens (primary N) is 1. The van der Waals surface area contributed by atoms with E-state index in [0.717, 1.165) is 17.1 Å². The van der Waals surface area contributed by atoms with Crippen LogP contribution in [0.3, 0.4) is 0 Å². The van der Waals surface area contributed by atoms with Crippen LogP contribution >= 0.6 is 0 Å². The average molecular weight is 230 g/mol. The fourth-order valence-electron chi connectivity index (χ4n) is 2.81. The molecule has 1 saturated carbocycles. The highest BCUT2D eigenvalue weighted by molar-refractivity contribution is 5.73. The summed E-state index contributed by atoms with van der Waals surface area (Å²) in [7, 11) is 0. The Labute approximate surface area is 101 Å². The van der Waals surface area contributed by atoms with Gasteiger partial charge in [-0.05, 0) is 43.7 Å². The SMILES string of the molecule is CC1CCC(n2c(N)nc3cccnc32)CC1. The van der Waals surface area contributed by atoms with Crippen LogP contribution < -0.4 is 5.73 Å². The third kappa shape index (κ3) is 1.77. The van der Waals surface area contributed by atoms with Gasteiger partial charge in [-0.15, -0.1) is 0 Å². The lowest BCUT2D eigenvalue weighted by Gasteiger charge is -2.27. The van der Waals surface area contributed by atoms with Crippen molar-refractivity contribution >= 4 is 17.1 Å². The maximum absolute atomic E-state index is 6.03. The molecule has 2 heterocycles. The number of hydrogen-bond donors (Lipinski definition) is 1. The standard InChI is InChI=1S/C13H18N4/c1-9-4-6-10(7-5-9)17-12-11(16-13(17)14)3-2-8-15-12/h2-3,8-10H,4-7H2,1H3,(H2,14,16). The number of aromatic nitrogens is 3. The van der Waals surface area contributed by atoms with Gasteiger partial charge in [0.05, 0.1) is 0 Å². The Kier molecular flexibility index (Phi) is 2.50. The fraction of sp³-hybridized carbons (Fsp3) is 0.538. The number of rotatable bonds is 1. The molecule has 0 saturated heterocycles. The van der Waals surface area contributed by atoms with Crippen LogP contribution in [0.5, 0.6) is 0 Å². The van der Waals surface area contributed by atoms with Gasteiger partial charge >= 0.3 is 0 Å². The molecule has 0 aliphatic heterocycles. The fourth-order valence-corrected chi connectivity index (χ4v) is 2.81. The topological polar surface area (TPSA) is 56.7 Å². The van der Waals surface area contributed by atoms with Gasteiger partial charge in [-0.3, -0.25) is 4.57 Å². The van der Waals surface area contributed by atoms with E-state index in [1.807, 2.05) is 18.3 Å². The summed E-state index contributed by atoms with van der Waals surface area (Å²) >= 11 is 0. The average Bonchev–Trinajstić information content (AvgIpc) is 2.66. The monoisotopic (exact) mass is 230 g/mol. The summed E-state index contributed by atoms with van der Waals surface area (Å²) in [5.41, 5.74) is 7.87. The second kappa shape index (κ2) is 4.02. The summed E-state index contributed by atoms with van der Waals surface area (Å²) in [5, 5.41) is 0. The van der Waals surface area contributed by atoms with Crippen LogP contribution in [0.4, 0.5) is 5.95 Å². The van der Waals surface area contributed by atoms with Crippen LogP contribution in [-0.2, 0) is 0 Å². The number of pyridine rings is 1. The first-order valence-electron chi connectivity index (χ1n) is 6.34. The van der Waals surface area contributed by atoms with Crippen LogP contribution in [-0.4, -0.2) is 14.5 Å². The number of hydrogen-bond acceptors (Lipinski definition) is 3. The Morgan fingerprint density at radius 1 is 1.29 bits per heavy atom. The van der Waals surface area contributed by atoms with Crippen LogP contribution in [0.25, 0.3) is 11.2 Å². The lowest BCUT2D eigenvalue weighted by Crippen LogP contribution is -2.18. The van der Waals surface area contributed by atoms with Crippen molar-refractivity contribution in [3.63, 3.8) is 0 Å². The quantitative estimate of drug-likeness (QED) is 0.819. The van der Waals surface area contributed by atoms with Gasteiger partial charge in [0.1, 0.15) is 5.52 Å². The predicted octanol–water partition coefficient (Wildman–Crippen LogP) is 2.76. The first-order chi connectivity index (χ1) is 8.25. The molecule has 0 amide bonds. The van der Waals surface area contributed by atoms with Crippen LogP contribution in [0.2, 0.25) is 0 Å². The molecule has 0 bridgehead atoms. The largest absolute Gasteiger partial charge is 0.369 e. The van der Waals surface area contributed by atoms with Gasteiger partial charge in [0.2, 0.25) is 5.95 Å². The molecule has 4 nitrogen and oxygen atoms in total. The van der Waals surface area contributed by atoms with Gasteiger partial charge in [0.25, 0.3) is 0 Å². The van der Waals surface area contributed by atoms with Crippen molar-refractivity contribution in [2.75, 3.05) is 5.73 Å². The van der Waals surface area contributed by atoms with Crippen LogP contribution in [0.1, 0.15) is 38.6 Å². The third-order valence-electron chi connectivity index (χ3n) is 3.83. The van der Waals surface area contributed by atoms with E-state index in [9.17, 15) is 0 Å². The maximum atomic E-state index is 6.03. The molecule has 2 aromatic rings. The molecule has 0 atom stereocenters. The minimum absolute atomic E-state index is 0.478. The highest BCUT2D eigenvalue weighted by Crippen LogP contribution is 2.34. The second-order valence-electron chi connectivity index (χ2n) is 5.10. The number of nitrogens with zero attached hydrogens (tertiary/aromatic N) is 3. The van der Waals surface area contributed by atoms with E-state index >= 15 is 0 Å². The van der Waals surface area contributed by atoms with Gasteiger partial charge in [0.15, 0.2) is 5.65 Å². The molecular formula is C13H18N4. The minimum Gasteiger partial charge on any atom is -0.369 e. The van der Waals surface area contributed by atoms with Crippen molar-refractivity contribution in [1.82, 2.24) is 14.5 Å². The van der Waals surface area contributed by atoms with E-state index in [-0.39, 0.29) is 0 Å². The summed E-state index contributed by atoms with van der Waals surface area (Å²) in [6.07, 6.45) is 6.74. The Bertz CT molecular complexity index is 523. The van der Waals surface area contributed by atoms with Gasteiger partial charge in [0, 0.05) is 12.2 Å². The van der Waals surface area contributed by atoms with E-state index in [0.29, 0.717) is 12.0 Å². The molecule has 2 N–H and O–H groups in total. The van der Waals surface area contributed by atoms with Gasteiger partial charge < -0.3 is 5.73 Å². The van der Waals surface area contributed by atoms with E-state index in [4.69, 9.17) is 5.73 Å². The van der Waals surface area contributed by atoms with Crippen molar-refractivity contribution in [3.05, 3.63) is 18.3 Å². The Morgan fingerprint density at radius 3 is 2.82 bits per heavy atom. The molecule has 0 unspecified atom stereocenters. The first kappa shape index (κ1) is 10.6. The third-order valence-corrected chi connectivity index (χ3v) is 3.83. The van der Waals surface area contributed by atoms with E-state index in [1.54, 1.807) is 0 Å². The summed E-state index contributed by atoms with van der Waals surface area (Å²) in [6.45, 7) is 2.32. The zero-order valence-corrected chi connectivity index (χ0v) is 10.1. The Hall–Kier alpha value is -1.58. The minimum atomic E-state index is 0.478. The molecule has 0 radical (unpaired) electrons. The Balaban J connectivity index is 2.02. The van der Waals surface area contributed by atoms with E-state index < -0.39 is 0 Å². The smallest absolute Gasteiger partial charge is 0.202 e. The molecule has 1 fully saturated rings. The number of anilines is 1. The lowest BCUT2D eigenvalue weighted by molar-refractivity contribution is 0.295. The van der Waals surface area contributed by atoms with Crippen molar-refractivity contribution in [2.45, 2.75) is 38.6 Å². The van der Waals surface area contributed by atoms with Crippen molar-refractivity contribution < 1.29 is 0 Å². The summed E-state index contributed by atoms with van der Waals surface area (Å²) in [4.78, 5) is 8.80. The molecule has 0 spiro atoms. The predicted molar refractivity (Wildman–Crippen MR) is 68.6 cm³/mol. The highest BCUT2D eigenvalue weighted by Gasteiger charge is 2.23. The molecule has 2 aromatic heterocycles. The zero-order chi connectivity index (χ0) is 11.8. The van der Waals surface area contributed by atoms with Crippen molar-refractivity contribution in [1.29, 1.82) is 0 Å². The number of nitrogen functional groups attached to an aromatic ring is 1. The van der Waals surface area contributed by atoms with Crippen molar-refractivity contribution in [2.24, 2.45) is 5.92 Å². The van der Waals surface area contributed by atoms with Crippen LogP contribution in [0, 0.1) is 5.92 Å². The van der Waals surface area contributed by atoms with Gasteiger partial charge in [-0.1, -0.05) is 6.92 Å². The van der Waals surface area contributed by atoms with E-state index in [1.165, 1.54) is 25.7 Å². The molecule has 4 heteroatoms. The maximum Gasteiger partial charge on any atom is 0.202 e. The molecule has 1 aliphatic rings. The second-order valence-corrected chi connectivity index (χ2v) is 5.10. The van der Waals surface area contributed by atoms with Gasteiger partial charge in [-0.25, -0.2) is 9.97 Å².